The van der Waals surface area contributed by atoms with Gasteiger partial charge in [-0.1, -0.05) is 0 Å². The molecule has 0 saturated carbocycles. The summed E-state index contributed by atoms with van der Waals surface area (Å²) in [5.41, 5.74) is 7.05. The lowest BCUT2D eigenvalue weighted by Crippen LogP contribution is -2.40. The predicted octanol–water partition coefficient (Wildman–Crippen LogP) is 2.11. The Balaban J connectivity index is 1.55. The van der Waals surface area contributed by atoms with Gasteiger partial charge in [-0.25, -0.2) is 8.78 Å². The number of morpholine rings is 1. The normalized spacial score (nSPS) is 15.8. The SMILES string of the molecule is Nc1n[nH]c(CNCCN2CCOCC2)c1N=Nc1ccc(F)c(F)c1. The molecule has 140 valence electrons. The molecule has 10 heteroatoms. The average molecular weight is 365 g/mol. The fourth-order valence-electron chi connectivity index (χ4n) is 2.55. The van der Waals surface area contributed by atoms with Crippen LogP contribution in [0.5, 0.6) is 0 Å². The van der Waals surface area contributed by atoms with Crippen LogP contribution in [0.2, 0.25) is 0 Å². The third kappa shape index (κ3) is 4.81. The van der Waals surface area contributed by atoms with Crippen molar-refractivity contribution in [3.8, 4) is 0 Å². The van der Waals surface area contributed by atoms with Crippen LogP contribution in [0.25, 0.3) is 0 Å². The molecule has 0 amide bonds. The second-order valence-corrected chi connectivity index (χ2v) is 5.87. The zero-order chi connectivity index (χ0) is 18.4. The lowest BCUT2D eigenvalue weighted by molar-refractivity contribution is 0.0384. The van der Waals surface area contributed by atoms with Crippen LogP contribution in [0.1, 0.15) is 5.69 Å². The molecular weight excluding hydrogens is 344 g/mol. The number of aromatic amines is 1. The van der Waals surface area contributed by atoms with Gasteiger partial charge in [0.2, 0.25) is 0 Å². The molecule has 26 heavy (non-hydrogen) atoms. The highest BCUT2D eigenvalue weighted by Gasteiger charge is 2.12. The number of rotatable bonds is 7. The Labute approximate surface area is 149 Å². The quantitative estimate of drug-likeness (QED) is 0.515. The van der Waals surface area contributed by atoms with Crippen molar-refractivity contribution in [3.63, 3.8) is 0 Å². The summed E-state index contributed by atoms with van der Waals surface area (Å²) in [7, 11) is 0. The Hall–Kier alpha value is -2.43. The molecule has 1 aliphatic heterocycles. The summed E-state index contributed by atoms with van der Waals surface area (Å²) in [5.74, 6) is -1.72. The van der Waals surface area contributed by atoms with E-state index in [1.165, 1.54) is 6.07 Å². The van der Waals surface area contributed by atoms with Crippen LogP contribution in [-0.2, 0) is 11.3 Å². The van der Waals surface area contributed by atoms with E-state index in [1.54, 1.807) is 0 Å². The van der Waals surface area contributed by atoms with Crippen molar-refractivity contribution < 1.29 is 13.5 Å². The first-order valence-electron chi connectivity index (χ1n) is 8.34. The van der Waals surface area contributed by atoms with Gasteiger partial charge in [0, 0.05) is 38.8 Å². The van der Waals surface area contributed by atoms with Crippen LogP contribution < -0.4 is 11.1 Å². The van der Waals surface area contributed by atoms with Gasteiger partial charge in [-0.05, 0) is 12.1 Å². The number of ether oxygens (including phenoxy) is 1. The topological polar surface area (TPSA) is 104 Å². The highest BCUT2D eigenvalue weighted by atomic mass is 19.2. The molecule has 0 atom stereocenters. The molecule has 1 aromatic carbocycles. The van der Waals surface area contributed by atoms with Crippen LogP contribution in [0.15, 0.2) is 28.4 Å². The van der Waals surface area contributed by atoms with Crippen molar-refractivity contribution in [1.29, 1.82) is 0 Å². The summed E-state index contributed by atoms with van der Waals surface area (Å²) in [6.07, 6.45) is 0. The second kappa shape index (κ2) is 8.79. The number of nitrogens with one attached hydrogen (secondary N) is 2. The molecule has 3 rings (SSSR count). The number of nitrogen functional groups attached to an aromatic ring is 1. The van der Waals surface area contributed by atoms with E-state index in [1.807, 2.05) is 0 Å². The summed E-state index contributed by atoms with van der Waals surface area (Å²) < 4.78 is 31.5. The lowest BCUT2D eigenvalue weighted by atomic mass is 10.3. The molecule has 8 nitrogen and oxygen atoms in total. The summed E-state index contributed by atoms with van der Waals surface area (Å²) in [5, 5.41) is 18.0. The highest BCUT2D eigenvalue weighted by Crippen LogP contribution is 2.27. The van der Waals surface area contributed by atoms with E-state index in [4.69, 9.17) is 10.5 Å². The minimum absolute atomic E-state index is 0.190. The van der Waals surface area contributed by atoms with E-state index >= 15 is 0 Å². The molecule has 0 unspecified atom stereocenters. The molecule has 4 N–H and O–H groups in total. The van der Waals surface area contributed by atoms with Crippen molar-refractivity contribution in [3.05, 3.63) is 35.5 Å². The molecule has 2 heterocycles. The van der Waals surface area contributed by atoms with Crippen molar-refractivity contribution >= 4 is 17.2 Å². The number of azo groups is 1. The molecule has 1 fully saturated rings. The fraction of sp³-hybridized carbons (Fsp3) is 0.438. The maximum atomic E-state index is 13.2. The van der Waals surface area contributed by atoms with Crippen LogP contribution in [0, 0.1) is 11.6 Å². The van der Waals surface area contributed by atoms with Crippen molar-refractivity contribution in [2.45, 2.75) is 6.54 Å². The summed E-state index contributed by atoms with van der Waals surface area (Å²) in [6.45, 7) is 5.61. The Morgan fingerprint density at radius 3 is 2.81 bits per heavy atom. The number of nitrogens with two attached hydrogens (primary N) is 1. The molecule has 1 saturated heterocycles. The van der Waals surface area contributed by atoms with Crippen molar-refractivity contribution in [2.24, 2.45) is 10.2 Å². The smallest absolute Gasteiger partial charge is 0.173 e. The number of anilines is 1. The molecule has 1 aliphatic rings. The van der Waals surface area contributed by atoms with E-state index in [-0.39, 0.29) is 11.5 Å². The van der Waals surface area contributed by atoms with Gasteiger partial charge in [0.25, 0.3) is 0 Å². The van der Waals surface area contributed by atoms with Crippen LogP contribution in [0.3, 0.4) is 0 Å². The minimum atomic E-state index is -0.980. The van der Waals surface area contributed by atoms with Gasteiger partial charge in [0.05, 0.1) is 24.6 Å². The van der Waals surface area contributed by atoms with E-state index in [9.17, 15) is 8.78 Å². The van der Waals surface area contributed by atoms with E-state index in [2.05, 4.69) is 30.6 Å². The maximum Gasteiger partial charge on any atom is 0.173 e. The highest BCUT2D eigenvalue weighted by molar-refractivity contribution is 5.60. The number of halogens is 2. The number of H-pyrrole nitrogens is 1. The molecule has 2 aromatic rings. The van der Waals surface area contributed by atoms with Gasteiger partial charge in [-0.2, -0.15) is 10.2 Å². The fourth-order valence-corrected chi connectivity index (χ4v) is 2.55. The number of nitrogens with zero attached hydrogens (tertiary/aromatic N) is 4. The van der Waals surface area contributed by atoms with Gasteiger partial charge in [-0.15, -0.1) is 5.11 Å². The number of aromatic nitrogens is 2. The van der Waals surface area contributed by atoms with Crippen LogP contribution >= 0.6 is 0 Å². The van der Waals surface area contributed by atoms with Crippen LogP contribution in [-0.4, -0.2) is 54.5 Å². The monoisotopic (exact) mass is 365 g/mol. The Morgan fingerprint density at radius 1 is 1.23 bits per heavy atom. The first-order chi connectivity index (χ1) is 12.6. The zero-order valence-corrected chi connectivity index (χ0v) is 14.2. The molecule has 0 bridgehead atoms. The van der Waals surface area contributed by atoms with Gasteiger partial charge < -0.3 is 15.8 Å². The molecular formula is C16H21F2N7O. The number of hydrogen-bond acceptors (Lipinski definition) is 7. The summed E-state index contributed by atoms with van der Waals surface area (Å²) >= 11 is 0. The van der Waals surface area contributed by atoms with E-state index < -0.39 is 11.6 Å². The Kier molecular flexibility index (Phi) is 6.21. The van der Waals surface area contributed by atoms with Crippen molar-refractivity contribution in [2.75, 3.05) is 45.1 Å². The average Bonchev–Trinajstić information content (AvgIpc) is 3.00. The van der Waals surface area contributed by atoms with E-state index in [0.29, 0.717) is 17.9 Å². The van der Waals surface area contributed by atoms with Gasteiger partial charge >= 0.3 is 0 Å². The first-order valence-corrected chi connectivity index (χ1v) is 8.34. The summed E-state index contributed by atoms with van der Waals surface area (Å²) in [6, 6.07) is 3.30. The zero-order valence-electron chi connectivity index (χ0n) is 14.2. The number of benzene rings is 1. The van der Waals surface area contributed by atoms with Crippen LogP contribution in [0.4, 0.5) is 26.0 Å². The first kappa shape index (κ1) is 18.4. The molecule has 0 aliphatic carbocycles. The Morgan fingerprint density at radius 2 is 2.04 bits per heavy atom. The third-order valence-electron chi connectivity index (χ3n) is 4.02. The molecule has 1 aromatic heterocycles. The molecule has 0 spiro atoms. The lowest BCUT2D eigenvalue weighted by Gasteiger charge is -2.26. The van der Waals surface area contributed by atoms with Gasteiger partial charge in [0.1, 0.15) is 0 Å². The standard InChI is InChI=1S/C16H21F2N7O/c17-12-2-1-11(9-13(12)18)21-23-15-14(22-24-16(15)19)10-20-3-4-25-5-7-26-8-6-25/h1-2,9,20H,3-8,10H2,(H3,19,22,24). The predicted molar refractivity (Wildman–Crippen MR) is 92.5 cm³/mol. The third-order valence-corrected chi connectivity index (χ3v) is 4.02. The largest absolute Gasteiger partial charge is 0.380 e. The van der Waals surface area contributed by atoms with Gasteiger partial charge in [-0.3, -0.25) is 10.00 Å². The van der Waals surface area contributed by atoms with E-state index in [0.717, 1.165) is 51.5 Å². The molecule has 0 radical (unpaired) electrons. The Bertz CT molecular complexity index is 759. The summed E-state index contributed by atoms with van der Waals surface area (Å²) in [4.78, 5) is 2.32. The maximum absolute atomic E-state index is 13.2. The van der Waals surface area contributed by atoms with Crippen molar-refractivity contribution in [1.82, 2.24) is 20.4 Å². The minimum Gasteiger partial charge on any atom is -0.380 e. The van der Waals surface area contributed by atoms with Gasteiger partial charge in [0.15, 0.2) is 23.1 Å². The number of hydrogen-bond donors (Lipinski definition) is 3. The second-order valence-electron chi connectivity index (χ2n) is 5.87.